The molecule has 0 atom stereocenters. The smallest absolute Gasteiger partial charge is 0.146 e. The van der Waals surface area contributed by atoms with Crippen LogP contribution >= 0.6 is 0 Å². The second kappa shape index (κ2) is 34.0. The van der Waals surface area contributed by atoms with E-state index in [9.17, 15) is 0 Å². The van der Waals surface area contributed by atoms with Gasteiger partial charge in [0.1, 0.15) is 45.9 Å². The highest BCUT2D eigenvalue weighted by Gasteiger charge is 2.21. The van der Waals surface area contributed by atoms with Gasteiger partial charge in [-0.15, -0.1) is 0 Å². The van der Waals surface area contributed by atoms with Gasteiger partial charge in [-0.3, -0.25) is 33.2 Å². The molecule has 0 radical (unpaired) electrons. The maximum atomic E-state index is 4.70. The average molecular weight is 1640 g/mol. The van der Waals surface area contributed by atoms with Gasteiger partial charge in [-0.25, -0.2) is 39.9 Å². The molecule has 25 rings (SSSR count). The number of fused-ring (bicyclic) bond motifs is 13. The summed E-state index contributed by atoms with van der Waals surface area (Å²) in [5.74, 6) is 3.47. The Balaban J connectivity index is 0.000000101. The SMILES string of the molecule is c1ccc(-c2ccc(-c3ccc4c(c3)c3cccnc3n4-c3ccccn3)cc2)nc1.c1ccc(-c2ccc(-c3ccc4c(c3)c3cccnc3n4-c3ccccn3)nc2)nc1.c1ccc(-c2cccc(-c3ccc4c(c3)c3cccnc3n4-c3ccccn3)c2)cc1.c1ccc(-n2c3ccc(-c4ccc(-c5cccc6ccccc56)cc4)cc3c3cccnc32)nc1. The summed E-state index contributed by atoms with van der Waals surface area (Å²) in [6, 6.07) is 134. The van der Waals surface area contributed by atoms with E-state index in [1.165, 1.54) is 82.6 Å². The molecule has 15 heterocycles. The number of pyridine rings is 11. The Morgan fingerprint density at radius 2 is 0.445 bits per heavy atom. The molecule has 0 aliphatic heterocycles. The first-order chi connectivity index (χ1) is 63.5. The van der Waals surface area contributed by atoms with Crippen molar-refractivity contribution in [1.82, 2.24) is 73.1 Å². The van der Waals surface area contributed by atoms with Gasteiger partial charge in [0.2, 0.25) is 0 Å². The molecule has 0 aliphatic rings. The van der Waals surface area contributed by atoms with Crippen LogP contribution in [0.25, 0.3) is 211 Å². The average Bonchev–Trinajstić information content (AvgIpc) is 1.60. The number of hydrogen-bond acceptors (Lipinski definition) is 11. The highest BCUT2D eigenvalue weighted by atomic mass is 15.1. The predicted octanol–water partition coefficient (Wildman–Crippen LogP) is 27.0. The number of aromatic nitrogens is 15. The predicted molar refractivity (Wildman–Crippen MR) is 520 cm³/mol. The van der Waals surface area contributed by atoms with Gasteiger partial charge in [-0.05, 0) is 254 Å². The summed E-state index contributed by atoms with van der Waals surface area (Å²) in [6.07, 6.45) is 20.1. The van der Waals surface area contributed by atoms with Gasteiger partial charge < -0.3 is 0 Å². The quantitative estimate of drug-likeness (QED) is 0.114. The lowest BCUT2D eigenvalue weighted by molar-refractivity contribution is 1.06. The zero-order chi connectivity index (χ0) is 85.1. The molecule has 0 N–H and O–H groups in total. The van der Waals surface area contributed by atoms with Crippen LogP contribution in [0.15, 0.2) is 456 Å². The minimum absolute atomic E-state index is 0.854. The third kappa shape index (κ3) is 14.7. The molecule has 0 saturated carbocycles. The minimum atomic E-state index is 0.854. The van der Waals surface area contributed by atoms with Crippen LogP contribution in [0, 0.1) is 0 Å². The van der Waals surface area contributed by atoms with Gasteiger partial charge in [0.15, 0.2) is 0 Å². The number of nitrogens with zero attached hydrogens (tertiary/aromatic N) is 15. The fourth-order valence-corrected chi connectivity index (χ4v) is 17.4. The van der Waals surface area contributed by atoms with E-state index in [1.807, 2.05) is 201 Å². The molecule has 0 amide bonds. The van der Waals surface area contributed by atoms with E-state index >= 15 is 0 Å². The van der Waals surface area contributed by atoms with Crippen LogP contribution in [-0.4, -0.2) is 73.1 Å². The molecular weight excluding hydrogens is 1570 g/mol. The highest BCUT2D eigenvalue weighted by molar-refractivity contribution is 6.13. The molecule has 15 heteroatoms. The molecule has 0 saturated heterocycles. The molecule has 128 heavy (non-hydrogen) atoms. The third-order valence-corrected chi connectivity index (χ3v) is 23.4. The monoisotopic (exact) mass is 1640 g/mol. The second-order valence-electron chi connectivity index (χ2n) is 31.0. The minimum Gasteiger partial charge on any atom is -0.278 e. The maximum Gasteiger partial charge on any atom is 0.146 e. The lowest BCUT2D eigenvalue weighted by Gasteiger charge is -2.09. The van der Waals surface area contributed by atoms with Crippen molar-refractivity contribution in [2.24, 2.45) is 0 Å². The Morgan fingerprint density at radius 3 is 0.867 bits per heavy atom. The summed E-state index contributed by atoms with van der Waals surface area (Å²) in [6.45, 7) is 0. The zero-order valence-corrected chi connectivity index (χ0v) is 69.0. The van der Waals surface area contributed by atoms with E-state index in [0.29, 0.717) is 0 Å². The van der Waals surface area contributed by atoms with Crippen LogP contribution < -0.4 is 0 Å². The van der Waals surface area contributed by atoms with Crippen LogP contribution in [0.2, 0.25) is 0 Å². The molecule has 10 aromatic carbocycles. The largest absolute Gasteiger partial charge is 0.278 e. The first-order valence-corrected chi connectivity index (χ1v) is 42.4. The number of hydrogen-bond donors (Lipinski definition) is 0. The Bertz CT molecular complexity index is 8080. The molecular formula is C113H75N15. The van der Waals surface area contributed by atoms with E-state index in [1.54, 1.807) is 12.4 Å². The van der Waals surface area contributed by atoms with Gasteiger partial charge >= 0.3 is 0 Å². The fourth-order valence-electron chi connectivity index (χ4n) is 17.4. The van der Waals surface area contributed by atoms with Crippen molar-refractivity contribution in [2.75, 3.05) is 0 Å². The zero-order valence-electron chi connectivity index (χ0n) is 69.0. The summed E-state index contributed by atoms with van der Waals surface area (Å²) < 4.78 is 8.50. The van der Waals surface area contributed by atoms with E-state index < -0.39 is 0 Å². The van der Waals surface area contributed by atoms with Crippen molar-refractivity contribution in [3.8, 4) is 113 Å². The lowest BCUT2D eigenvalue weighted by atomic mass is 9.96. The van der Waals surface area contributed by atoms with Crippen molar-refractivity contribution >= 4 is 98.5 Å². The van der Waals surface area contributed by atoms with Crippen LogP contribution in [0.5, 0.6) is 0 Å². The van der Waals surface area contributed by atoms with Crippen molar-refractivity contribution in [1.29, 1.82) is 0 Å². The van der Waals surface area contributed by atoms with Gasteiger partial charge in [-0.2, -0.15) is 0 Å². The Morgan fingerprint density at radius 1 is 0.148 bits per heavy atom. The Kier molecular flexibility index (Phi) is 20.3. The molecule has 25 aromatic rings. The van der Waals surface area contributed by atoms with Crippen LogP contribution in [-0.2, 0) is 0 Å². The first-order valence-electron chi connectivity index (χ1n) is 42.4. The van der Waals surface area contributed by atoms with Crippen molar-refractivity contribution < 1.29 is 0 Å². The van der Waals surface area contributed by atoms with Crippen LogP contribution in [0.4, 0.5) is 0 Å². The van der Waals surface area contributed by atoms with Crippen molar-refractivity contribution in [2.45, 2.75) is 0 Å². The van der Waals surface area contributed by atoms with Gasteiger partial charge in [-0.1, -0.05) is 200 Å². The summed E-state index contributed by atoms with van der Waals surface area (Å²) in [5, 5.41) is 11.7. The maximum absolute atomic E-state index is 4.70. The standard InChI is InChI=1S/C32H21N3.C28H19N3.C27H18N4.C26H17N5/c1-2-9-26-23(7-1)8-5-10-27(26)24-15-13-22(14-16-24)25-17-18-30-29(21-25)28-11-6-20-34-32(28)35(30)31-12-3-4-19-33-31;1-2-8-20(9-3-1)21-10-6-11-22(18-21)23-14-15-26-25(19-23)24-12-7-17-30-28(24)31(26)27-13-4-5-16-29-27;1-3-15-28-24(7-1)20-11-9-19(10-12-20)21-13-14-25-23(18-21)22-6-5-17-30-27(22)31(25)26-8-2-4-16-29-26;1-3-13-27-22(7-1)19-9-11-23(30-17-19)18-10-12-24-21(16-18)20-6-5-15-29-26(20)31(24)25-8-2-4-14-28-25/h1-21H;1-19H;1-18H;1-17H. The fraction of sp³-hybridized carbons (Fsp3) is 0. The highest BCUT2D eigenvalue weighted by Crippen LogP contribution is 2.41. The summed E-state index contributed by atoms with van der Waals surface area (Å²) in [7, 11) is 0. The van der Waals surface area contributed by atoms with Crippen LogP contribution in [0.3, 0.4) is 0 Å². The summed E-state index contributed by atoms with van der Waals surface area (Å²) >= 11 is 0. The molecule has 15 nitrogen and oxygen atoms in total. The van der Waals surface area contributed by atoms with E-state index in [-0.39, 0.29) is 0 Å². The molecule has 0 fully saturated rings. The van der Waals surface area contributed by atoms with Gasteiger partial charge in [0, 0.05) is 128 Å². The van der Waals surface area contributed by atoms with E-state index in [2.05, 4.69) is 306 Å². The second-order valence-corrected chi connectivity index (χ2v) is 31.0. The molecule has 0 aliphatic carbocycles. The first kappa shape index (κ1) is 76.4. The number of rotatable bonds is 12. The topological polar surface area (TPSA) is 162 Å². The Hall–Kier alpha value is -17.7. The Labute approximate surface area is 736 Å². The summed E-state index contributed by atoms with van der Waals surface area (Å²) in [5.41, 5.74) is 26.1. The number of benzene rings is 10. The molecule has 0 unspecified atom stereocenters. The van der Waals surface area contributed by atoms with Crippen LogP contribution in [0.1, 0.15) is 0 Å². The normalized spacial score (nSPS) is 11.3. The van der Waals surface area contributed by atoms with E-state index in [4.69, 9.17) is 9.97 Å². The third-order valence-electron chi connectivity index (χ3n) is 23.4. The lowest BCUT2D eigenvalue weighted by Crippen LogP contribution is -1.97. The summed E-state index contributed by atoms with van der Waals surface area (Å²) in [4.78, 5) is 50.5. The van der Waals surface area contributed by atoms with Crippen molar-refractivity contribution in [3.05, 3.63) is 456 Å². The molecule has 0 spiro atoms. The molecule has 0 bridgehead atoms. The van der Waals surface area contributed by atoms with Crippen molar-refractivity contribution in [3.63, 3.8) is 0 Å². The van der Waals surface area contributed by atoms with E-state index in [0.717, 1.165) is 129 Å². The molecule has 15 aromatic heterocycles. The molecule has 602 valence electrons. The van der Waals surface area contributed by atoms with Gasteiger partial charge in [0.25, 0.3) is 0 Å². The van der Waals surface area contributed by atoms with Gasteiger partial charge in [0.05, 0.1) is 39.1 Å².